The SMILES string of the molecule is CN(C)C(=O)COc1ccccc1NC(=O)N[C@@H]1CCN(Cc2ccc3cc(F)ccc3c2)C1. The van der Waals surface area contributed by atoms with Gasteiger partial charge < -0.3 is 20.3 Å². The molecular weight excluding hydrogens is 435 g/mol. The lowest BCUT2D eigenvalue weighted by Gasteiger charge is -2.18. The summed E-state index contributed by atoms with van der Waals surface area (Å²) < 4.78 is 19.0. The number of likely N-dealkylation sites (tertiary alicyclic amines) is 1. The summed E-state index contributed by atoms with van der Waals surface area (Å²) >= 11 is 0. The first-order valence-corrected chi connectivity index (χ1v) is 11.3. The Morgan fingerprint density at radius 3 is 2.68 bits per heavy atom. The molecule has 2 N–H and O–H groups in total. The molecule has 1 aliphatic rings. The zero-order valence-electron chi connectivity index (χ0n) is 19.4. The molecule has 0 aromatic heterocycles. The van der Waals surface area contributed by atoms with Crippen LogP contribution in [0.1, 0.15) is 12.0 Å². The van der Waals surface area contributed by atoms with Crippen molar-refractivity contribution in [3.05, 3.63) is 72.0 Å². The molecule has 0 unspecified atom stereocenters. The third-order valence-corrected chi connectivity index (χ3v) is 5.87. The van der Waals surface area contributed by atoms with Crippen molar-refractivity contribution in [3.63, 3.8) is 0 Å². The number of ether oxygens (including phenoxy) is 1. The van der Waals surface area contributed by atoms with Crippen LogP contribution in [0, 0.1) is 5.82 Å². The monoisotopic (exact) mass is 464 g/mol. The minimum absolute atomic E-state index is 0.0259. The minimum Gasteiger partial charge on any atom is -0.482 e. The summed E-state index contributed by atoms with van der Waals surface area (Å²) in [5.41, 5.74) is 1.66. The van der Waals surface area contributed by atoms with Gasteiger partial charge in [-0.05, 0) is 53.1 Å². The molecule has 3 aromatic carbocycles. The van der Waals surface area contributed by atoms with E-state index in [2.05, 4.69) is 21.6 Å². The van der Waals surface area contributed by atoms with E-state index in [1.54, 1.807) is 44.4 Å². The van der Waals surface area contributed by atoms with Gasteiger partial charge in [-0.15, -0.1) is 0 Å². The number of urea groups is 1. The fraction of sp³-hybridized carbons (Fsp3) is 0.308. The van der Waals surface area contributed by atoms with E-state index in [9.17, 15) is 14.0 Å². The molecule has 0 saturated carbocycles. The Bertz CT molecular complexity index is 1180. The second kappa shape index (κ2) is 10.5. The number of nitrogens with zero attached hydrogens (tertiary/aromatic N) is 2. The van der Waals surface area contributed by atoms with Crippen molar-refractivity contribution in [2.45, 2.75) is 19.0 Å². The molecule has 8 heteroatoms. The van der Waals surface area contributed by atoms with Gasteiger partial charge in [0.25, 0.3) is 5.91 Å². The highest BCUT2D eigenvalue weighted by Gasteiger charge is 2.24. The highest BCUT2D eigenvalue weighted by molar-refractivity contribution is 5.91. The summed E-state index contributed by atoms with van der Waals surface area (Å²) in [5.74, 6) is 0.0455. The Morgan fingerprint density at radius 1 is 1.09 bits per heavy atom. The number of hydrogen-bond donors (Lipinski definition) is 2. The predicted octanol–water partition coefficient (Wildman–Crippen LogP) is 3.84. The summed E-state index contributed by atoms with van der Waals surface area (Å²) in [7, 11) is 3.32. The third-order valence-electron chi connectivity index (χ3n) is 5.87. The number of hydrogen-bond acceptors (Lipinski definition) is 4. The van der Waals surface area contributed by atoms with Crippen molar-refractivity contribution in [1.29, 1.82) is 0 Å². The number of anilines is 1. The van der Waals surface area contributed by atoms with E-state index in [0.717, 1.165) is 42.4 Å². The molecule has 3 amide bonds. The van der Waals surface area contributed by atoms with E-state index < -0.39 is 0 Å². The Kier molecular flexibility index (Phi) is 7.27. The van der Waals surface area contributed by atoms with Gasteiger partial charge in [0.1, 0.15) is 11.6 Å². The first-order chi connectivity index (χ1) is 16.4. The van der Waals surface area contributed by atoms with Crippen LogP contribution >= 0.6 is 0 Å². The zero-order chi connectivity index (χ0) is 24.1. The maximum atomic E-state index is 13.4. The number of likely N-dealkylation sites (N-methyl/N-ethyl adjacent to an activating group) is 1. The van der Waals surface area contributed by atoms with Crippen LogP contribution in [-0.2, 0) is 11.3 Å². The lowest BCUT2D eigenvalue weighted by molar-refractivity contribution is -0.130. The Morgan fingerprint density at radius 2 is 1.85 bits per heavy atom. The number of fused-ring (bicyclic) bond motifs is 1. The van der Waals surface area contributed by atoms with Crippen molar-refractivity contribution in [3.8, 4) is 5.75 Å². The van der Waals surface area contributed by atoms with Gasteiger partial charge in [-0.2, -0.15) is 0 Å². The van der Waals surface area contributed by atoms with E-state index in [4.69, 9.17) is 4.74 Å². The van der Waals surface area contributed by atoms with Gasteiger partial charge in [0, 0.05) is 39.8 Å². The molecule has 1 aliphatic heterocycles. The van der Waals surface area contributed by atoms with Crippen molar-refractivity contribution < 1.29 is 18.7 Å². The van der Waals surface area contributed by atoms with Crippen LogP contribution in [0.3, 0.4) is 0 Å². The minimum atomic E-state index is -0.311. The van der Waals surface area contributed by atoms with Crippen molar-refractivity contribution in [2.75, 3.05) is 39.1 Å². The predicted molar refractivity (Wildman–Crippen MR) is 130 cm³/mol. The van der Waals surface area contributed by atoms with Gasteiger partial charge in [0.15, 0.2) is 6.61 Å². The number of amides is 3. The molecule has 0 bridgehead atoms. The zero-order valence-corrected chi connectivity index (χ0v) is 19.4. The molecule has 1 atom stereocenters. The van der Waals surface area contributed by atoms with Crippen molar-refractivity contribution in [2.24, 2.45) is 0 Å². The summed E-state index contributed by atoms with van der Waals surface area (Å²) in [6.07, 6.45) is 0.849. The van der Waals surface area contributed by atoms with Gasteiger partial charge >= 0.3 is 6.03 Å². The third kappa shape index (κ3) is 6.02. The second-order valence-corrected chi connectivity index (χ2v) is 8.72. The Hall–Kier alpha value is -3.65. The van der Waals surface area contributed by atoms with E-state index in [1.807, 2.05) is 12.1 Å². The maximum Gasteiger partial charge on any atom is 0.319 e. The fourth-order valence-electron chi connectivity index (χ4n) is 4.02. The summed E-state index contributed by atoms with van der Waals surface area (Å²) in [5, 5.41) is 7.76. The number of carbonyl (C=O) groups excluding carboxylic acids is 2. The smallest absolute Gasteiger partial charge is 0.319 e. The molecule has 0 radical (unpaired) electrons. The van der Waals surface area contributed by atoms with E-state index in [0.29, 0.717) is 11.4 Å². The fourth-order valence-corrected chi connectivity index (χ4v) is 4.02. The average molecular weight is 465 g/mol. The summed E-state index contributed by atoms with van der Waals surface area (Å²) in [6.45, 7) is 2.28. The number of rotatable bonds is 7. The molecule has 178 valence electrons. The summed E-state index contributed by atoms with van der Waals surface area (Å²) in [6, 6.07) is 17.6. The van der Waals surface area contributed by atoms with Crippen LogP contribution in [0.5, 0.6) is 5.75 Å². The standard InChI is InChI=1S/C26H29FN4O3/c1-30(2)25(32)17-34-24-6-4-3-5-23(24)29-26(33)28-22-11-12-31(16-22)15-18-7-8-20-14-21(27)10-9-19(20)13-18/h3-10,13-14,22H,11-12,15-17H2,1-2H3,(H2,28,29,33)/t22-/m1/s1. The number of halogens is 1. The van der Waals surface area contributed by atoms with Crippen LogP contribution in [0.2, 0.25) is 0 Å². The average Bonchev–Trinajstić information content (AvgIpc) is 3.24. The van der Waals surface area contributed by atoms with Crippen LogP contribution in [-0.4, -0.2) is 61.6 Å². The first kappa shape index (κ1) is 23.5. The Balaban J connectivity index is 1.29. The summed E-state index contributed by atoms with van der Waals surface area (Å²) in [4.78, 5) is 28.1. The topological polar surface area (TPSA) is 73.9 Å². The quantitative estimate of drug-likeness (QED) is 0.557. The maximum absolute atomic E-state index is 13.4. The van der Waals surface area contributed by atoms with E-state index in [-0.39, 0.29) is 30.4 Å². The lowest BCUT2D eigenvalue weighted by atomic mass is 10.1. The van der Waals surface area contributed by atoms with Gasteiger partial charge in [-0.3, -0.25) is 9.69 Å². The Labute approximate surface area is 198 Å². The normalized spacial score (nSPS) is 15.8. The lowest BCUT2D eigenvalue weighted by Crippen LogP contribution is -2.39. The molecule has 1 heterocycles. The number of para-hydroxylation sites is 2. The number of benzene rings is 3. The van der Waals surface area contributed by atoms with Crippen LogP contribution in [0.4, 0.5) is 14.9 Å². The number of carbonyl (C=O) groups is 2. The van der Waals surface area contributed by atoms with E-state index >= 15 is 0 Å². The molecule has 0 aliphatic carbocycles. The van der Waals surface area contributed by atoms with Crippen LogP contribution in [0.15, 0.2) is 60.7 Å². The number of nitrogens with one attached hydrogen (secondary N) is 2. The first-order valence-electron chi connectivity index (χ1n) is 11.3. The molecule has 1 fully saturated rings. The van der Waals surface area contributed by atoms with Crippen LogP contribution in [0.25, 0.3) is 10.8 Å². The highest BCUT2D eigenvalue weighted by Crippen LogP contribution is 2.24. The molecule has 4 rings (SSSR count). The van der Waals surface area contributed by atoms with Gasteiger partial charge in [-0.1, -0.05) is 30.3 Å². The molecule has 34 heavy (non-hydrogen) atoms. The van der Waals surface area contributed by atoms with Crippen molar-refractivity contribution >= 4 is 28.4 Å². The molecular formula is C26H29FN4O3. The van der Waals surface area contributed by atoms with Gasteiger partial charge in [0.05, 0.1) is 5.69 Å². The van der Waals surface area contributed by atoms with Crippen LogP contribution < -0.4 is 15.4 Å². The van der Waals surface area contributed by atoms with Gasteiger partial charge in [0.2, 0.25) is 0 Å². The molecule has 1 saturated heterocycles. The largest absolute Gasteiger partial charge is 0.482 e. The highest BCUT2D eigenvalue weighted by atomic mass is 19.1. The van der Waals surface area contributed by atoms with E-state index in [1.165, 1.54) is 17.0 Å². The van der Waals surface area contributed by atoms with Gasteiger partial charge in [-0.25, -0.2) is 9.18 Å². The van der Waals surface area contributed by atoms with Crippen molar-refractivity contribution in [1.82, 2.24) is 15.1 Å². The molecule has 3 aromatic rings. The molecule has 7 nitrogen and oxygen atoms in total. The molecule has 0 spiro atoms. The second-order valence-electron chi connectivity index (χ2n) is 8.72.